The standard InChI is InChI=1S/C25H25N7O3/c1-15(2)31-14-27-29-24(31)21-4-3-5-22(32(21)34)28-25(33)19-11-18(10-17-8-9-35-23(17)19)30-12-20(26-13-30)16-6-7-16/h3-5,10-16,34H,6-9H2,1-2H3. The molecule has 0 unspecified atom stereocenters. The second-order valence-electron chi connectivity index (χ2n) is 9.21. The van der Waals surface area contributed by atoms with Crippen molar-refractivity contribution in [3.05, 3.63) is 71.5 Å². The van der Waals surface area contributed by atoms with Gasteiger partial charge in [0.25, 0.3) is 5.91 Å². The minimum Gasteiger partial charge on any atom is -0.492 e. The molecule has 1 aliphatic carbocycles. The molecular formula is C25H25N7O3. The van der Waals surface area contributed by atoms with Gasteiger partial charge < -0.3 is 19.1 Å². The topological polar surface area (TPSA) is 112 Å². The predicted octanol–water partition coefficient (Wildman–Crippen LogP) is 3.30. The summed E-state index contributed by atoms with van der Waals surface area (Å²) in [5.41, 5.74) is 3.69. The van der Waals surface area contributed by atoms with Crippen molar-refractivity contribution < 1.29 is 14.7 Å². The van der Waals surface area contributed by atoms with Gasteiger partial charge in [0, 0.05) is 35.8 Å². The molecule has 6 rings (SSSR count). The highest BCUT2D eigenvalue weighted by Crippen LogP contribution is 2.39. The Bertz CT molecular complexity index is 1510. The van der Waals surface area contributed by atoms with Crippen LogP contribution in [0, 0.1) is 0 Å². The van der Waals surface area contributed by atoms with Crippen molar-refractivity contribution in [2.45, 2.75) is 45.1 Å². The smallest absolute Gasteiger partial charge is 0.282 e. The first-order chi connectivity index (χ1) is 17.0. The Hall–Kier alpha value is -4.21. The van der Waals surface area contributed by atoms with Crippen molar-refractivity contribution in [1.82, 2.24) is 29.0 Å². The average Bonchev–Trinajstić information content (AvgIpc) is 3.25. The van der Waals surface area contributed by atoms with E-state index in [2.05, 4.69) is 20.2 Å². The van der Waals surface area contributed by atoms with Gasteiger partial charge in [-0.25, -0.2) is 4.98 Å². The van der Waals surface area contributed by atoms with Crippen LogP contribution in [0.1, 0.15) is 60.3 Å². The summed E-state index contributed by atoms with van der Waals surface area (Å²) in [6, 6.07) is 8.88. The molecule has 0 bridgehead atoms. The van der Waals surface area contributed by atoms with E-state index in [0.29, 0.717) is 41.8 Å². The number of hydrogen-bond donors (Lipinski definition) is 1. The minimum atomic E-state index is -0.502. The van der Waals surface area contributed by atoms with Crippen LogP contribution in [0.4, 0.5) is 0 Å². The van der Waals surface area contributed by atoms with Crippen molar-refractivity contribution in [2.24, 2.45) is 4.99 Å². The van der Waals surface area contributed by atoms with Gasteiger partial charge in [-0.05, 0) is 51.0 Å². The van der Waals surface area contributed by atoms with Gasteiger partial charge in [-0.2, -0.15) is 9.72 Å². The zero-order valence-corrected chi connectivity index (χ0v) is 19.5. The molecule has 0 radical (unpaired) electrons. The minimum absolute atomic E-state index is 0.0848. The molecule has 1 saturated carbocycles. The van der Waals surface area contributed by atoms with Crippen LogP contribution in [0.3, 0.4) is 0 Å². The molecule has 1 amide bonds. The monoisotopic (exact) mass is 471 g/mol. The zero-order valence-electron chi connectivity index (χ0n) is 19.5. The molecule has 3 aromatic heterocycles. The number of carbonyl (C=O) groups is 1. The highest BCUT2D eigenvalue weighted by atomic mass is 16.5. The molecule has 4 heterocycles. The maximum atomic E-state index is 13.4. The van der Waals surface area contributed by atoms with Crippen LogP contribution in [-0.4, -0.2) is 46.8 Å². The molecule has 178 valence electrons. The van der Waals surface area contributed by atoms with Gasteiger partial charge in [0.15, 0.2) is 11.3 Å². The quantitative estimate of drug-likeness (QED) is 0.447. The lowest BCUT2D eigenvalue weighted by Gasteiger charge is -2.12. The summed E-state index contributed by atoms with van der Waals surface area (Å²) >= 11 is 0. The van der Waals surface area contributed by atoms with Gasteiger partial charge in [-0.15, -0.1) is 10.2 Å². The lowest BCUT2D eigenvalue weighted by Crippen LogP contribution is -2.23. The summed E-state index contributed by atoms with van der Waals surface area (Å²) < 4.78 is 10.4. The highest BCUT2D eigenvalue weighted by molar-refractivity contribution is 5.99. The number of benzene rings is 1. The van der Waals surface area contributed by atoms with Crippen molar-refractivity contribution in [3.8, 4) is 23.0 Å². The third-order valence-corrected chi connectivity index (χ3v) is 6.41. The Morgan fingerprint density at radius 3 is 2.89 bits per heavy atom. The van der Waals surface area contributed by atoms with E-state index in [9.17, 15) is 10.0 Å². The van der Waals surface area contributed by atoms with E-state index in [1.807, 2.05) is 35.2 Å². The molecular weight excluding hydrogens is 446 g/mol. The van der Waals surface area contributed by atoms with E-state index in [1.54, 1.807) is 36.9 Å². The lowest BCUT2D eigenvalue weighted by molar-refractivity contribution is 0.0985. The molecule has 0 saturated heterocycles. The number of ether oxygens (including phenoxy) is 1. The Morgan fingerprint density at radius 1 is 1.23 bits per heavy atom. The molecule has 2 aliphatic rings. The number of pyridine rings is 1. The molecule has 10 nitrogen and oxygen atoms in total. The fourth-order valence-corrected chi connectivity index (χ4v) is 4.38. The van der Waals surface area contributed by atoms with E-state index in [4.69, 9.17) is 4.74 Å². The number of rotatable bonds is 5. The van der Waals surface area contributed by atoms with Crippen LogP contribution >= 0.6 is 0 Å². The Morgan fingerprint density at radius 2 is 2.09 bits per heavy atom. The van der Waals surface area contributed by atoms with E-state index in [-0.39, 0.29) is 11.5 Å². The number of aromatic nitrogens is 6. The van der Waals surface area contributed by atoms with Gasteiger partial charge >= 0.3 is 0 Å². The fraction of sp³-hybridized carbons (Fsp3) is 0.320. The van der Waals surface area contributed by atoms with Gasteiger partial charge in [0.2, 0.25) is 0 Å². The van der Waals surface area contributed by atoms with Crippen molar-refractivity contribution in [1.29, 1.82) is 0 Å². The molecule has 4 aromatic rings. The zero-order chi connectivity index (χ0) is 24.1. The second-order valence-corrected chi connectivity index (χ2v) is 9.21. The summed E-state index contributed by atoms with van der Waals surface area (Å²) in [6.45, 7) is 4.50. The van der Waals surface area contributed by atoms with Gasteiger partial charge in [-0.3, -0.25) is 4.79 Å². The molecule has 1 fully saturated rings. The summed E-state index contributed by atoms with van der Waals surface area (Å²) in [4.78, 5) is 22.1. The first-order valence-corrected chi connectivity index (χ1v) is 11.7. The molecule has 0 spiro atoms. The molecule has 35 heavy (non-hydrogen) atoms. The summed E-state index contributed by atoms with van der Waals surface area (Å²) in [6.07, 6.45) is 8.47. The summed E-state index contributed by atoms with van der Waals surface area (Å²) in [7, 11) is 0. The van der Waals surface area contributed by atoms with E-state index < -0.39 is 5.91 Å². The van der Waals surface area contributed by atoms with Crippen molar-refractivity contribution in [2.75, 3.05) is 6.61 Å². The number of nitrogens with zero attached hydrogens (tertiary/aromatic N) is 7. The lowest BCUT2D eigenvalue weighted by atomic mass is 10.1. The molecule has 0 atom stereocenters. The number of fused-ring (bicyclic) bond motifs is 1. The van der Waals surface area contributed by atoms with Gasteiger partial charge in [0.1, 0.15) is 17.8 Å². The third kappa shape index (κ3) is 3.80. The van der Waals surface area contributed by atoms with E-state index in [1.165, 1.54) is 12.8 Å². The molecule has 10 heteroatoms. The average molecular weight is 472 g/mol. The largest absolute Gasteiger partial charge is 0.492 e. The van der Waals surface area contributed by atoms with Crippen molar-refractivity contribution >= 4 is 5.91 Å². The number of imidazole rings is 1. The molecule has 1 aromatic carbocycles. The summed E-state index contributed by atoms with van der Waals surface area (Å²) in [5, 5.41) is 19.0. The van der Waals surface area contributed by atoms with E-state index >= 15 is 0 Å². The van der Waals surface area contributed by atoms with E-state index in [0.717, 1.165) is 21.7 Å². The molecule has 1 N–H and O–H groups in total. The van der Waals surface area contributed by atoms with Crippen LogP contribution < -0.4 is 10.2 Å². The first-order valence-electron chi connectivity index (χ1n) is 11.7. The van der Waals surface area contributed by atoms with Crippen LogP contribution in [0.5, 0.6) is 5.75 Å². The fourth-order valence-electron chi connectivity index (χ4n) is 4.38. The normalized spacial score (nSPS) is 15.5. The highest BCUT2D eigenvalue weighted by Gasteiger charge is 2.27. The maximum Gasteiger partial charge on any atom is 0.282 e. The Labute approximate surface area is 201 Å². The Balaban J connectivity index is 1.41. The maximum absolute atomic E-state index is 13.4. The van der Waals surface area contributed by atoms with Crippen LogP contribution in [0.25, 0.3) is 17.2 Å². The van der Waals surface area contributed by atoms with Crippen molar-refractivity contribution in [3.63, 3.8) is 0 Å². The number of carbonyl (C=O) groups excluding carboxylic acids is 1. The first kappa shape index (κ1) is 21.3. The molecule has 1 aliphatic heterocycles. The number of hydrogen-bond acceptors (Lipinski definition) is 6. The second kappa shape index (κ2) is 8.23. The van der Waals surface area contributed by atoms with Crippen LogP contribution in [-0.2, 0) is 6.42 Å². The summed E-state index contributed by atoms with van der Waals surface area (Å²) in [5.74, 6) is 1.06. The SMILES string of the molecule is CC(C)n1cnnc1-c1cccc(=NC(=O)c2cc(-n3cnc(C4CC4)c3)cc3c2OCC3)n1O. The van der Waals surface area contributed by atoms with Crippen LogP contribution in [0.15, 0.2) is 54.2 Å². The third-order valence-electron chi connectivity index (χ3n) is 6.41. The predicted molar refractivity (Wildman–Crippen MR) is 126 cm³/mol. The number of amides is 1. The van der Waals surface area contributed by atoms with Gasteiger partial charge in [0.05, 0.1) is 24.2 Å². The Kier molecular flexibility index (Phi) is 5.01. The van der Waals surface area contributed by atoms with Crippen LogP contribution in [0.2, 0.25) is 0 Å². The van der Waals surface area contributed by atoms with Gasteiger partial charge in [-0.1, -0.05) is 6.07 Å².